The van der Waals surface area contributed by atoms with Gasteiger partial charge in [-0.15, -0.1) is 0 Å². The molecular formula is C62H101N5O19Si5. The fourth-order valence-electron chi connectivity index (χ4n) is 8.67. The third-order valence-electron chi connectivity index (χ3n) is 12.1. The van der Waals surface area contributed by atoms with Crippen molar-refractivity contribution in [3.8, 4) is 0 Å². The number of hydrogen-bond donors (Lipinski definition) is 5. The zero-order valence-corrected chi connectivity index (χ0v) is 61.7. The highest BCUT2D eigenvalue weighted by atomic mass is 28.4. The molecule has 0 aromatic heterocycles. The molecule has 0 spiro atoms. The summed E-state index contributed by atoms with van der Waals surface area (Å²) in [6.07, 6.45) is 0. The molecule has 508 valence electrons. The monoisotopic (exact) mass is 1360 g/mol. The summed E-state index contributed by atoms with van der Waals surface area (Å²) in [4.78, 5) is 44.1. The molecule has 0 heterocycles. The van der Waals surface area contributed by atoms with Gasteiger partial charge in [-0.2, -0.15) is 0 Å². The molecule has 24 nitrogen and oxygen atoms in total. The van der Waals surface area contributed by atoms with Gasteiger partial charge < -0.3 is 93.4 Å². The molecule has 5 rings (SSSR count). The van der Waals surface area contributed by atoms with Gasteiger partial charge in [0, 0.05) is 184 Å². The second-order valence-electron chi connectivity index (χ2n) is 18.6. The number of nitrogen functional groups attached to an aromatic ring is 1. The second-order valence-corrected chi connectivity index (χ2v) is 32.1. The van der Waals surface area contributed by atoms with Crippen LogP contribution < -0.4 is 52.9 Å². The van der Waals surface area contributed by atoms with Crippen LogP contribution in [0, 0.1) is 0 Å². The molecule has 29 heteroatoms. The molecule has 5 aromatic carbocycles. The standard InChI is InChI=1S/2C14H23NO4Si.C12H21NO3Si.2C11H17NO4Si/c1-5-17-20(18-6-2,19-7-3)14-10-8-13(9-11-14)15-12(4)16;1-5-17-20(18-6-2,19-7-3)14-10-8-9-13(11-14)15-12(4)16;1-4-14-17(15-5-2,16-6-3)12-9-7-8-11(13)10-12;1-9(13)12-10-5-7-11(8-6-10)17(14-2,15-3)16-4;1-9(13)12-10-6-5-7-11(8-10)17(14-2,15-3)16-4/h2*8-11H,5-7H2,1-4H3,(H,15,16);7-10H,4-6,13H2,1-3H3;2*5-8H,1-4H3,(H,12,13). The van der Waals surface area contributed by atoms with E-state index in [2.05, 4.69) is 21.3 Å². The lowest BCUT2D eigenvalue weighted by Crippen LogP contribution is -2.56. The minimum Gasteiger partial charge on any atom is -0.399 e. The molecule has 0 bridgehead atoms. The van der Waals surface area contributed by atoms with Crippen LogP contribution in [0.4, 0.5) is 28.4 Å². The minimum absolute atomic E-state index is 0.0966. The van der Waals surface area contributed by atoms with Crippen LogP contribution >= 0.6 is 0 Å². The summed E-state index contributed by atoms with van der Waals surface area (Å²) in [7, 11) is -4.82. The van der Waals surface area contributed by atoms with Crippen LogP contribution in [0.2, 0.25) is 0 Å². The minimum atomic E-state index is -2.91. The van der Waals surface area contributed by atoms with Crippen molar-refractivity contribution < 1.29 is 85.6 Å². The van der Waals surface area contributed by atoms with Gasteiger partial charge in [-0.1, -0.05) is 60.7 Å². The molecule has 0 fully saturated rings. The highest BCUT2D eigenvalue weighted by molar-refractivity contribution is 6.77. The van der Waals surface area contributed by atoms with Crippen molar-refractivity contribution in [1.29, 1.82) is 0 Å². The average Bonchev–Trinajstić information content (AvgIpc) is 1.65. The van der Waals surface area contributed by atoms with Crippen LogP contribution in [-0.4, -0.2) is 170 Å². The number of anilines is 5. The first-order valence-corrected chi connectivity index (χ1v) is 38.6. The number of benzene rings is 5. The zero-order valence-electron chi connectivity index (χ0n) is 56.7. The maximum absolute atomic E-state index is 11.2. The highest BCUT2D eigenvalue weighted by Crippen LogP contribution is 2.18. The SMILES string of the molecule is CCO[Si](OCC)(OCC)c1ccc(NC(C)=O)cc1.CCO[Si](OCC)(OCC)c1cccc(N)c1.CCO[Si](OCC)(OCC)c1cccc(NC(C)=O)c1.CO[Si](OC)(OC)c1ccc(NC(C)=O)cc1.CO[Si](OC)(OC)c1cccc(NC(C)=O)c1. The first-order chi connectivity index (χ1) is 43.5. The Kier molecular flexibility index (Phi) is 40.9. The van der Waals surface area contributed by atoms with E-state index in [-0.39, 0.29) is 23.6 Å². The van der Waals surface area contributed by atoms with Crippen LogP contribution in [0.15, 0.2) is 121 Å². The number of carbonyl (C=O) groups is 4. The quantitative estimate of drug-likeness (QED) is 0.0214. The van der Waals surface area contributed by atoms with Gasteiger partial charge >= 0.3 is 44.0 Å². The smallest absolute Gasteiger partial charge is 0.399 e. The molecule has 0 unspecified atom stereocenters. The molecule has 0 radical (unpaired) electrons. The molecule has 0 aliphatic heterocycles. The molecule has 4 amide bonds. The largest absolute Gasteiger partial charge is 0.537 e. The van der Waals surface area contributed by atoms with Crippen molar-refractivity contribution >= 4 is 122 Å². The van der Waals surface area contributed by atoms with Gasteiger partial charge in [0.1, 0.15) is 0 Å². The molecule has 91 heavy (non-hydrogen) atoms. The van der Waals surface area contributed by atoms with Crippen LogP contribution in [-0.2, 0) is 85.6 Å². The van der Waals surface area contributed by atoms with E-state index in [9.17, 15) is 19.2 Å². The summed E-state index contributed by atoms with van der Waals surface area (Å²) in [5.74, 6) is -0.438. The topological polar surface area (TPSA) is 281 Å². The molecule has 0 aliphatic rings. The lowest BCUT2D eigenvalue weighted by molar-refractivity contribution is -0.115. The molecule has 0 saturated heterocycles. The predicted octanol–water partition coefficient (Wildman–Crippen LogP) is 6.79. The summed E-state index contributed by atoms with van der Waals surface area (Å²) in [6.45, 7) is 28.0. The van der Waals surface area contributed by atoms with Crippen LogP contribution in [0.1, 0.15) is 90.0 Å². The van der Waals surface area contributed by atoms with E-state index in [0.29, 0.717) is 76.5 Å². The van der Waals surface area contributed by atoms with Gasteiger partial charge in [-0.3, -0.25) is 19.2 Å². The first kappa shape index (κ1) is 83.3. The highest BCUT2D eigenvalue weighted by Gasteiger charge is 2.46. The van der Waals surface area contributed by atoms with E-state index >= 15 is 0 Å². The number of nitrogens with one attached hydrogen (secondary N) is 4. The van der Waals surface area contributed by atoms with Crippen molar-refractivity contribution in [2.24, 2.45) is 0 Å². The van der Waals surface area contributed by atoms with E-state index in [4.69, 9.17) is 72.1 Å². The lowest BCUT2D eigenvalue weighted by atomic mass is 10.3. The molecular weight excluding hydrogens is 1260 g/mol. The number of rotatable bonds is 33. The van der Waals surface area contributed by atoms with E-state index in [0.717, 1.165) is 37.3 Å². The Hall–Kier alpha value is -5.74. The maximum Gasteiger partial charge on any atom is 0.537 e. The Morgan fingerprint density at radius 3 is 0.769 bits per heavy atom. The third-order valence-corrected chi connectivity index (χ3v) is 26.4. The van der Waals surface area contributed by atoms with E-state index in [1.54, 1.807) is 66.9 Å². The average molecular weight is 1360 g/mol. The van der Waals surface area contributed by atoms with Crippen molar-refractivity contribution in [3.05, 3.63) is 121 Å². The van der Waals surface area contributed by atoms with Crippen molar-refractivity contribution in [3.63, 3.8) is 0 Å². The number of carbonyl (C=O) groups excluding carboxylic acids is 4. The Labute approximate surface area is 545 Å². The predicted molar refractivity (Wildman–Crippen MR) is 367 cm³/mol. The number of hydrogen-bond acceptors (Lipinski definition) is 20. The van der Waals surface area contributed by atoms with Crippen LogP contribution in [0.3, 0.4) is 0 Å². The summed E-state index contributed by atoms with van der Waals surface area (Å²) in [5, 5.41) is 15.2. The van der Waals surface area contributed by atoms with Gasteiger partial charge in [0.15, 0.2) is 0 Å². The second kappa shape index (κ2) is 44.7. The van der Waals surface area contributed by atoms with Gasteiger partial charge in [-0.25, -0.2) is 0 Å². The molecule has 0 saturated carbocycles. The molecule has 0 aliphatic carbocycles. The molecule has 0 atom stereocenters. The fourth-order valence-corrected chi connectivity index (χ4v) is 19.8. The van der Waals surface area contributed by atoms with Gasteiger partial charge in [0.05, 0.1) is 0 Å². The third kappa shape index (κ3) is 27.4. The van der Waals surface area contributed by atoms with E-state index in [1.165, 1.54) is 27.7 Å². The van der Waals surface area contributed by atoms with E-state index < -0.39 is 44.0 Å². The lowest BCUT2D eigenvalue weighted by Gasteiger charge is -2.28. The van der Waals surface area contributed by atoms with Crippen molar-refractivity contribution in [2.45, 2.75) is 90.0 Å². The number of nitrogens with two attached hydrogens (primary N) is 1. The molecule has 5 aromatic rings. The van der Waals surface area contributed by atoms with Gasteiger partial charge in [-0.05, 0) is 123 Å². The summed E-state index contributed by atoms with van der Waals surface area (Å²) in [5.41, 5.74) is 9.37. The van der Waals surface area contributed by atoms with Gasteiger partial charge in [0.25, 0.3) is 0 Å². The fraction of sp³-hybridized carbons (Fsp3) is 0.452. The Bertz CT molecular complexity index is 2790. The maximum atomic E-state index is 11.2. The van der Waals surface area contributed by atoms with Crippen molar-refractivity contribution in [1.82, 2.24) is 0 Å². The van der Waals surface area contributed by atoms with Gasteiger partial charge in [0.2, 0.25) is 23.6 Å². The van der Waals surface area contributed by atoms with Crippen molar-refractivity contribution in [2.75, 3.05) is 129 Å². The zero-order chi connectivity index (χ0) is 68.5. The number of amides is 4. The Balaban J connectivity index is 0.000000570. The first-order valence-electron chi connectivity index (χ1n) is 29.9. The van der Waals surface area contributed by atoms with Crippen LogP contribution in [0.25, 0.3) is 0 Å². The Morgan fingerprint density at radius 1 is 0.297 bits per heavy atom. The summed E-state index contributed by atoms with van der Waals surface area (Å²) < 4.78 is 84.5. The van der Waals surface area contributed by atoms with E-state index in [1.807, 2.05) is 159 Å². The Morgan fingerprint density at radius 2 is 0.516 bits per heavy atom. The van der Waals surface area contributed by atoms with Crippen LogP contribution in [0.5, 0.6) is 0 Å². The summed E-state index contributed by atoms with van der Waals surface area (Å²) in [6, 6.07) is 36.9. The molecule has 6 N–H and O–H groups in total. The summed E-state index contributed by atoms with van der Waals surface area (Å²) >= 11 is 0. The normalized spacial score (nSPS) is 11.4.